The molecule has 0 aliphatic carbocycles. The van der Waals surface area contributed by atoms with E-state index in [1.54, 1.807) is 52.4 Å². The van der Waals surface area contributed by atoms with Crippen LogP contribution in [0.15, 0.2) is 60.9 Å². The molecule has 0 radical (unpaired) electrons. The van der Waals surface area contributed by atoms with Crippen LogP contribution in [0.1, 0.15) is 32.0 Å². The van der Waals surface area contributed by atoms with Crippen molar-refractivity contribution in [1.29, 1.82) is 0 Å². The predicted molar refractivity (Wildman–Crippen MR) is 103 cm³/mol. The van der Waals surface area contributed by atoms with Crippen LogP contribution in [0.25, 0.3) is 0 Å². The molecule has 1 aromatic carbocycles. The summed E-state index contributed by atoms with van der Waals surface area (Å²) in [5, 5.41) is 0.542. The summed E-state index contributed by atoms with van der Waals surface area (Å²) in [7, 11) is 0. The van der Waals surface area contributed by atoms with Gasteiger partial charge in [0.15, 0.2) is 5.66 Å². The molecule has 0 N–H and O–H groups in total. The molecule has 2 aliphatic heterocycles. The molecule has 8 heteroatoms. The average Bonchev–Trinajstić information content (AvgIpc) is 3.25. The van der Waals surface area contributed by atoms with Gasteiger partial charge in [0.1, 0.15) is 5.69 Å². The number of halogens is 2. The van der Waals surface area contributed by atoms with Crippen molar-refractivity contribution < 1.29 is 14.0 Å². The summed E-state index contributed by atoms with van der Waals surface area (Å²) >= 11 is 6.08. The van der Waals surface area contributed by atoms with Crippen molar-refractivity contribution in [2.45, 2.75) is 5.66 Å². The zero-order valence-corrected chi connectivity index (χ0v) is 15.8. The van der Waals surface area contributed by atoms with E-state index in [0.29, 0.717) is 34.9 Å². The molecule has 5 rings (SSSR count). The predicted octanol–water partition coefficient (Wildman–Crippen LogP) is 3.08. The summed E-state index contributed by atoms with van der Waals surface area (Å²) in [6, 6.07) is 13.0. The van der Waals surface area contributed by atoms with E-state index in [2.05, 4.69) is 9.97 Å². The molecule has 4 heterocycles. The van der Waals surface area contributed by atoms with Crippen molar-refractivity contribution in [3.8, 4) is 0 Å². The number of hydrogen-bond donors (Lipinski definition) is 0. The van der Waals surface area contributed by atoms with Crippen LogP contribution < -0.4 is 0 Å². The lowest BCUT2D eigenvalue weighted by Crippen LogP contribution is -2.52. The monoisotopic (exact) mass is 408 g/mol. The molecule has 0 saturated carbocycles. The molecule has 1 atom stereocenters. The largest absolute Gasteiger partial charge is 0.304 e. The Balaban J connectivity index is 1.74. The number of hydrogen-bond acceptors (Lipinski definition) is 4. The molecule has 3 aromatic rings. The van der Waals surface area contributed by atoms with Gasteiger partial charge >= 0.3 is 0 Å². The standard InChI is InChI=1S/C21H14ClFN4O2/c22-15-6-4-14(5-7-15)21-18-16(2-1-9-24-18)20(29)27(21)11-10-26(21)19(28)13-3-8-17(23)25-12-13/h1-9,12H,10-11H2. The maximum atomic E-state index is 13.4. The van der Waals surface area contributed by atoms with Crippen LogP contribution in [0, 0.1) is 5.95 Å². The number of carbonyl (C=O) groups excluding carboxylic acids is 2. The van der Waals surface area contributed by atoms with Gasteiger partial charge in [-0.2, -0.15) is 4.39 Å². The first-order chi connectivity index (χ1) is 14.0. The minimum Gasteiger partial charge on any atom is -0.304 e. The molecule has 2 aliphatic rings. The Labute approximate surface area is 170 Å². The van der Waals surface area contributed by atoms with Gasteiger partial charge in [0.25, 0.3) is 11.8 Å². The second kappa shape index (κ2) is 6.35. The summed E-state index contributed by atoms with van der Waals surface area (Å²) in [4.78, 5) is 37.9. The van der Waals surface area contributed by atoms with Crippen molar-refractivity contribution in [3.05, 3.63) is 94.3 Å². The first-order valence-electron chi connectivity index (χ1n) is 9.00. The number of nitrogens with zero attached hydrogens (tertiary/aromatic N) is 4. The summed E-state index contributed by atoms with van der Waals surface area (Å²) in [6.45, 7) is 0.652. The Hall–Kier alpha value is -3.32. The smallest absolute Gasteiger partial charge is 0.258 e. The van der Waals surface area contributed by atoms with Gasteiger partial charge in [-0.15, -0.1) is 0 Å². The van der Waals surface area contributed by atoms with E-state index in [9.17, 15) is 14.0 Å². The number of pyridine rings is 2. The lowest BCUT2D eigenvalue weighted by molar-refractivity contribution is 0.0363. The maximum absolute atomic E-state index is 13.4. The quantitative estimate of drug-likeness (QED) is 0.611. The number of aromatic nitrogens is 2. The number of benzene rings is 1. The second-order valence-corrected chi connectivity index (χ2v) is 7.30. The molecule has 1 fully saturated rings. The first kappa shape index (κ1) is 17.8. The highest BCUT2D eigenvalue weighted by molar-refractivity contribution is 6.30. The summed E-state index contributed by atoms with van der Waals surface area (Å²) in [6.07, 6.45) is 2.81. The van der Waals surface area contributed by atoms with Crippen LogP contribution in [-0.2, 0) is 5.66 Å². The topological polar surface area (TPSA) is 66.4 Å². The zero-order chi connectivity index (χ0) is 20.2. The van der Waals surface area contributed by atoms with Crippen LogP contribution in [-0.4, -0.2) is 44.7 Å². The van der Waals surface area contributed by atoms with E-state index in [-0.39, 0.29) is 17.4 Å². The summed E-state index contributed by atoms with van der Waals surface area (Å²) in [5.41, 5.74) is 0.696. The van der Waals surface area contributed by atoms with Crippen molar-refractivity contribution in [2.75, 3.05) is 13.1 Å². The van der Waals surface area contributed by atoms with Crippen molar-refractivity contribution in [2.24, 2.45) is 0 Å². The third kappa shape index (κ3) is 2.40. The van der Waals surface area contributed by atoms with E-state index >= 15 is 0 Å². The van der Waals surface area contributed by atoms with Gasteiger partial charge in [-0.3, -0.25) is 14.6 Å². The number of amides is 2. The Morgan fingerprint density at radius 1 is 1.07 bits per heavy atom. The first-order valence-corrected chi connectivity index (χ1v) is 9.38. The fourth-order valence-corrected chi connectivity index (χ4v) is 4.34. The maximum Gasteiger partial charge on any atom is 0.258 e. The van der Waals surface area contributed by atoms with Crippen LogP contribution in [0.2, 0.25) is 5.02 Å². The van der Waals surface area contributed by atoms with Crippen LogP contribution in [0.4, 0.5) is 4.39 Å². The SMILES string of the molecule is O=C(c1ccc(F)nc1)N1CCN2C(=O)c3cccnc3C12c1ccc(Cl)cc1. The summed E-state index contributed by atoms with van der Waals surface area (Å²) < 4.78 is 13.3. The van der Waals surface area contributed by atoms with E-state index < -0.39 is 11.6 Å². The van der Waals surface area contributed by atoms with Crippen LogP contribution >= 0.6 is 11.6 Å². The molecular formula is C21H14ClFN4O2. The third-order valence-electron chi connectivity index (χ3n) is 5.41. The molecule has 1 saturated heterocycles. The minimum atomic E-state index is -1.19. The molecule has 29 heavy (non-hydrogen) atoms. The molecule has 144 valence electrons. The molecule has 6 nitrogen and oxygen atoms in total. The van der Waals surface area contributed by atoms with E-state index in [1.807, 2.05) is 0 Å². The van der Waals surface area contributed by atoms with E-state index in [0.717, 1.165) is 6.07 Å². The average molecular weight is 409 g/mol. The molecule has 2 aromatic heterocycles. The minimum absolute atomic E-state index is 0.185. The lowest BCUT2D eigenvalue weighted by atomic mass is 9.93. The van der Waals surface area contributed by atoms with Gasteiger partial charge in [-0.1, -0.05) is 23.7 Å². The van der Waals surface area contributed by atoms with Gasteiger partial charge in [0, 0.05) is 36.1 Å². The van der Waals surface area contributed by atoms with Gasteiger partial charge in [0.2, 0.25) is 5.95 Å². The Morgan fingerprint density at radius 3 is 2.59 bits per heavy atom. The van der Waals surface area contributed by atoms with E-state index in [1.165, 1.54) is 12.3 Å². The van der Waals surface area contributed by atoms with Gasteiger partial charge in [-0.25, -0.2) is 4.98 Å². The van der Waals surface area contributed by atoms with Crippen molar-refractivity contribution >= 4 is 23.4 Å². The number of rotatable bonds is 2. The fraction of sp³-hybridized carbons (Fsp3) is 0.143. The second-order valence-electron chi connectivity index (χ2n) is 6.86. The van der Waals surface area contributed by atoms with Crippen LogP contribution in [0.5, 0.6) is 0 Å². The van der Waals surface area contributed by atoms with Gasteiger partial charge in [0.05, 0.1) is 11.1 Å². The molecule has 0 bridgehead atoms. The number of fused-ring (bicyclic) bond motifs is 3. The highest BCUT2D eigenvalue weighted by Crippen LogP contribution is 2.49. The Bertz CT molecular complexity index is 1140. The molecular weight excluding hydrogens is 395 g/mol. The lowest BCUT2D eigenvalue weighted by Gasteiger charge is -2.39. The van der Waals surface area contributed by atoms with Crippen molar-refractivity contribution in [1.82, 2.24) is 19.8 Å². The molecule has 1 unspecified atom stereocenters. The Morgan fingerprint density at radius 2 is 1.86 bits per heavy atom. The zero-order valence-electron chi connectivity index (χ0n) is 15.0. The highest BCUT2D eigenvalue weighted by atomic mass is 35.5. The number of carbonyl (C=O) groups is 2. The summed E-state index contributed by atoms with van der Waals surface area (Å²) in [5.74, 6) is -1.21. The van der Waals surface area contributed by atoms with Gasteiger partial charge < -0.3 is 9.80 Å². The fourth-order valence-electron chi connectivity index (χ4n) is 4.21. The molecule has 2 amide bonds. The van der Waals surface area contributed by atoms with Crippen molar-refractivity contribution in [3.63, 3.8) is 0 Å². The van der Waals surface area contributed by atoms with E-state index in [4.69, 9.17) is 11.6 Å². The van der Waals surface area contributed by atoms with Crippen LogP contribution in [0.3, 0.4) is 0 Å². The third-order valence-corrected chi connectivity index (χ3v) is 5.66. The normalized spacial score (nSPS) is 20.0. The van der Waals surface area contributed by atoms with Gasteiger partial charge in [-0.05, 0) is 36.4 Å². The highest BCUT2D eigenvalue weighted by Gasteiger charge is 2.60. The molecule has 0 spiro atoms. The Kier molecular flexibility index (Phi) is 3.89.